The molecular weight excluding hydrogens is 224 g/mol. The molecule has 0 amide bonds. The van der Waals surface area contributed by atoms with Gasteiger partial charge in [0.15, 0.2) is 0 Å². The Kier molecular flexibility index (Phi) is 4.61. The highest BCUT2D eigenvalue weighted by Crippen LogP contribution is 2.19. The lowest BCUT2D eigenvalue weighted by atomic mass is 9.95. The van der Waals surface area contributed by atoms with Gasteiger partial charge in [-0.05, 0) is 32.5 Å². The summed E-state index contributed by atoms with van der Waals surface area (Å²) in [5.41, 5.74) is 2.59. The Bertz CT molecular complexity index is 363. The number of anilines is 1. The van der Waals surface area contributed by atoms with Crippen LogP contribution in [0.15, 0.2) is 24.3 Å². The van der Waals surface area contributed by atoms with Crippen LogP contribution in [0.3, 0.4) is 0 Å². The van der Waals surface area contributed by atoms with E-state index in [1.807, 2.05) is 0 Å². The molecule has 2 unspecified atom stereocenters. The molecule has 1 aromatic carbocycles. The van der Waals surface area contributed by atoms with Crippen molar-refractivity contribution in [2.75, 3.05) is 38.8 Å². The average Bonchev–Trinajstić information content (AvgIpc) is 2.40. The first-order valence-corrected chi connectivity index (χ1v) is 6.73. The predicted molar refractivity (Wildman–Crippen MR) is 76.2 cm³/mol. The third-order valence-electron chi connectivity index (χ3n) is 3.83. The fraction of sp³-hybridized carbons (Fsp3) is 0.600. The molecule has 0 aromatic heterocycles. The van der Waals surface area contributed by atoms with Crippen molar-refractivity contribution in [3.8, 4) is 0 Å². The van der Waals surface area contributed by atoms with Gasteiger partial charge in [-0.2, -0.15) is 0 Å². The minimum Gasteiger partial charge on any atom is -0.381 e. The maximum Gasteiger partial charge on any atom is 0.0526 e. The highest BCUT2D eigenvalue weighted by Gasteiger charge is 2.25. The zero-order valence-electron chi connectivity index (χ0n) is 11.6. The average molecular weight is 248 g/mol. The molecule has 3 heteroatoms. The summed E-state index contributed by atoms with van der Waals surface area (Å²) in [4.78, 5) is 2.32. The highest BCUT2D eigenvalue weighted by atomic mass is 16.5. The maximum absolute atomic E-state index is 5.60. The lowest BCUT2D eigenvalue weighted by Gasteiger charge is -2.34. The van der Waals surface area contributed by atoms with Crippen LogP contribution in [0.25, 0.3) is 0 Å². The van der Waals surface area contributed by atoms with Crippen molar-refractivity contribution in [1.29, 1.82) is 0 Å². The van der Waals surface area contributed by atoms with Gasteiger partial charge in [0.2, 0.25) is 0 Å². The first-order chi connectivity index (χ1) is 8.70. The van der Waals surface area contributed by atoms with Gasteiger partial charge < -0.3 is 15.0 Å². The van der Waals surface area contributed by atoms with E-state index in [1.54, 1.807) is 0 Å². The summed E-state index contributed by atoms with van der Waals surface area (Å²) in [5.74, 6) is 0.565. The van der Waals surface area contributed by atoms with Crippen molar-refractivity contribution in [3.05, 3.63) is 29.8 Å². The van der Waals surface area contributed by atoms with Crippen LogP contribution in [0.5, 0.6) is 0 Å². The molecule has 0 radical (unpaired) electrons. The SMILES string of the molecule is CNC1CCOCC1CN(C)c1ccc(C)cc1. The second-order valence-electron chi connectivity index (χ2n) is 5.23. The Hall–Kier alpha value is -1.06. The molecule has 100 valence electrons. The van der Waals surface area contributed by atoms with Gasteiger partial charge in [0.25, 0.3) is 0 Å². The van der Waals surface area contributed by atoms with Gasteiger partial charge in [0.1, 0.15) is 0 Å². The van der Waals surface area contributed by atoms with Gasteiger partial charge in [-0.25, -0.2) is 0 Å². The number of nitrogens with one attached hydrogen (secondary N) is 1. The van der Waals surface area contributed by atoms with E-state index in [0.29, 0.717) is 12.0 Å². The van der Waals surface area contributed by atoms with Crippen molar-refractivity contribution >= 4 is 5.69 Å². The summed E-state index contributed by atoms with van der Waals surface area (Å²) in [5, 5.41) is 3.41. The van der Waals surface area contributed by atoms with Crippen molar-refractivity contribution in [2.45, 2.75) is 19.4 Å². The van der Waals surface area contributed by atoms with E-state index in [2.05, 4.69) is 55.5 Å². The number of ether oxygens (including phenoxy) is 1. The molecule has 0 saturated carbocycles. The number of benzene rings is 1. The van der Waals surface area contributed by atoms with Crippen LogP contribution in [0.1, 0.15) is 12.0 Å². The lowest BCUT2D eigenvalue weighted by molar-refractivity contribution is 0.0371. The molecule has 1 heterocycles. The summed E-state index contributed by atoms with van der Waals surface area (Å²) >= 11 is 0. The third kappa shape index (κ3) is 3.24. The van der Waals surface area contributed by atoms with E-state index in [9.17, 15) is 0 Å². The van der Waals surface area contributed by atoms with Crippen molar-refractivity contribution < 1.29 is 4.74 Å². The summed E-state index contributed by atoms with van der Waals surface area (Å²) in [7, 11) is 4.21. The van der Waals surface area contributed by atoms with Gasteiger partial charge in [-0.15, -0.1) is 0 Å². The van der Waals surface area contributed by atoms with Crippen molar-refractivity contribution in [2.24, 2.45) is 5.92 Å². The number of rotatable bonds is 4. The zero-order chi connectivity index (χ0) is 13.0. The number of nitrogens with zero attached hydrogens (tertiary/aromatic N) is 1. The maximum atomic E-state index is 5.60. The van der Waals surface area contributed by atoms with Crippen LogP contribution in [0.4, 0.5) is 5.69 Å². The summed E-state index contributed by atoms with van der Waals surface area (Å²) in [6.07, 6.45) is 1.11. The molecule has 1 aromatic rings. The molecular formula is C15H24N2O. The van der Waals surface area contributed by atoms with Crippen LogP contribution >= 0.6 is 0 Å². The molecule has 0 bridgehead atoms. The fourth-order valence-corrected chi connectivity index (χ4v) is 2.61. The third-order valence-corrected chi connectivity index (χ3v) is 3.83. The Labute approximate surface area is 110 Å². The van der Waals surface area contributed by atoms with Crippen LogP contribution in [-0.2, 0) is 4.74 Å². The van der Waals surface area contributed by atoms with Crippen LogP contribution in [0, 0.1) is 12.8 Å². The highest BCUT2D eigenvalue weighted by molar-refractivity contribution is 5.46. The fourth-order valence-electron chi connectivity index (χ4n) is 2.61. The van der Waals surface area contributed by atoms with E-state index in [-0.39, 0.29) is 0 Å². The monoisotopic (exact) mass is 248 g/mol. The molecule has 2 atom stereocenters. The van der Waals surface area contributed by atoms with E-state index >= 15 is 0 Å². The van der Waals surface area contributed by atoms with E-state index in [1.165, 1.54) is 11.3 Å². The molecule has 1 aliphatic rings. The van der Waals surface area contributed by atoms with E-state index in [4.69, 9.17) is 4.74 Å². The van der Waals surface area contributed by atoms with E-state index in [0.717, 1.165) is 26.2 Å². The van der Waals surface area contributed by atoms with Gasteiger partial charge in [0, 0.05) is 37.8 Å². The molecule has 1 fully saturated rings. The Morgan fingerprint density at radius 3 is 2.72 bits per heavy atom. The molecule has 0 aliphatic carbocycles. The minimum atomic E-state index is 0.565. The number of aryl methyl sites for hydroxylation is 1. The largest absolute Gasteiger partial charge is 0.381 e. The second kappa shape index (κ2) is 6.21. The summed E-state index contributed by atoms with van der Waals surface area (Å²) in [6, 6.07) is 9.28. The van der Waals surface area contributed by atoms with Gasteiger partial charge >= 0.3 is 0 Å². The summed E-state index contributed by atoms with van der Waals surface area (Å²) < 4.78 is 5.60. The molecule has 1 N–H and O–H groups in total. The predicted octanol–water partition coefficient (Wildman–Crippen LogP) is 2.06. The minimum absolute atomic E-state index is 0.565. The standard InChI is InChI=1S/C15H24N2O/c1-12-4-6-14(7-5-12)17(3)10-13-11-18-9-8-15(13)16-2/h4-7,13,15-16H,8-11H2,1-3H3. The first-order valence-electron chi connectivity index (χ1n) is 6.73. The normalized spacial score (nSPS) is 23.9. The van der Waals surface area contributed by atoms with E-state index < -0.39 is 0 Å². The number of hydrogen-bond acceptors (Lipinski definition) is 3. The molecule has 18 heavy (non-hydrogen) atoms. The molecule has 3 nitrogen and oxygen atoms in total. The smallest absolute Gasteiger partial charge is 0.0526 e. The quantitative estimate of drug-likeness (QED) is 0.882. The molecule has 1 aliphatic heterocycles. The first kappa shape index (κ1) is 13.4. The summed E-state index contributed by atoms with van der Waals surface area (Å²) in [6.45, 7) is 4.91. The molecule has 0 spiro atoms. The Balaban J connectivity index is 1.97. The lowest BCUT2D eigenvalue weighted by Crippen LogP contribution is -2.46. The van der Waals surface area contributed by atoms with Gasteiger partial charge in [0.05, 0.1) is 6.61 Å². The second-order valence-corrected chi connectivity index (χ2v) is 5.23. The zero-order valence-corrected chi connectivity index (χ0v) is 11.6. The van der Waals surface area contributed by atoms with Gasteiger partial charge in [-0.1, -0.05) is 17.7 Å². The number of hydrogen-bond donors (Lipinski definition) is 1. The van der Waals surface area contributed by atoms with Crippen molar-refractivity contribution in [1.82, 2.24) is 5.32 Å². The van der Waals surface area contributed by atoms with Crippen LogP contribution in [-0.4, -0.2) is 39.9 Å². The Morgan fingerprint density at radius 1 is 1.33 bits per heavy atom. The van der Waals surface area contributed by atoms with Gasteiger partial charge in [-0.3, -0.25) is 0 Å². The van der Waals surface area contributed by atoms with Crippen molar-refractivity contribution in [3.63, 3.8) is 0 Å². The van der Waals surface area contributed by atoms with Crippen LogP contribution in [0.2, 0.25) is 0 Å². The van der Waals surface area contributed by atoms with Crippen LogP contribution < -0.4 is 10.2 Å². The topological polar surface area (TPSA) is 24.5 Å². The molecule has 1 saturated heterocycles. The molecule has 2 rings (SSSR count). The Morgan fingerprint density at radius 2 is 2.06 bits per heavy atom.